The number of fused-ring (bicyclic) bond motifs is 3. The first-order valence-corrected chi connectivity index (χ1v) is 10.7. The molecule has 2 fully saturated rings. The number of nitrogens with one attached hydrogen (secondary N) is 1. The minimum Gasteiger partial charge on any atom is -0.465 e. The molecule has 33 heavy (non-hydrogen) atoms. The molecule has 0 radical (unpaired) electrons. The molecule has 166 valence electrons. The Morgan fingerprint density at radius 3 is 2.76 bits per heavy atom. The van der Waals surface area contributed by atoms with E-state index in [4.69, 9.17) is 0 Å². The van der Waals surface area contributed by atoms with Gasteiger partial charge in [-0.05, 0) is 24.6 Å². The van der Waals surface area contributed by atoms with E-state index in [2.05, 4.69) is 25.4 Å². The fourth-order valence-electron chi connectivity index (χ4n) is 5.00. The van der Waals surface area contributed by atoms with E-state index in [0.29, 0.717) is 42.2 Å². The Hall–Kier alpha value is -3.92. The van der Waals surface area contributed by atoms with Crippen molar-refractivity contribution in [3.05, 3.63) is 71.9 Å². The van der Waals surface area contributed by atoms with Crippen molar-refractivity contribution in [3.8, 4) is 11.5 Å². The van der Waals surface area contributed by atoms with E-state index in [9.17, 15) is 14.3 Å². The Morgan fingerprint density at radius 1 is 1.18 bits per heavy atom. The van der Waals surface area contributed by atoms with Crippen LogP contribution in [0.25, 0.3) is 22.6 Å². The van der Waals surface area contributed by atoms with Crippen LogP contribution < -0.4 is 5.32 Å². The van der Waals surface area contributed by atoms with Gasteiger partial charge in [0.25, 0.3) is 0 Å². The minimum atomic E-state index is -0.938. The third-order valence-electron chi connectivity index (χ3n) is 6.60. The molecule has 6 rings (SSSR count). The second-order valence-corrected chi connectivity index (χ2v) is 8.47. The molecule has 0 saturated carbocycles. The van der Waals surface area contributed by atoms with Crippen LogP contribution in [0.2, 0.25) is 0 Å². The lowest BCUT2D eigenvalue weighted by molar-refractivity contribution is 0.0953. The summed E-state index contributed by atoms with van der Waals surface area (Å²) in [5.41, 5.74) is 1.77. The monoisotopic (exact) mass is 445 g/mol. The number of benzene rings is 1. The van der Waals surface area contributed by atoms with Gasteiger partial charge in [-0.2, -0.15) is 5.10 Å². The molecule has 2 aliphatic rings. The van der Waals surface area contributed by atoms with Crippen molar-refractivity contribution in [1.82, 2.24) is 34.9 Å². The number of hydrogen-bond acceptors (Lipinski definition) is 6. The Morgan fingerprint density at radius 2 is 2.00 bits per heavy atom. The summed E-state index contributed by atoms with van der Waals surface area (Å²) in [6.07, 6.45) is 4.80. The molecule has 0 aliphatic carbocycles. The van der Waals surface area contributed by atoms with E-state index in [1.807, 2.05) is 12.1 Å². The van der Waals surface area contributed by atoms with E-state index in [1.165, 1.54) is 11.0 Å². The van der Waals surface area contributed by atoms with Crippen LogP contribution in [0.5, 0.6) is 0 Å². The number of piperazine rings is 1. The fourth-order valence-corrected chi connectivity index (χ4v) is 5.00. The number of rotatable bonds is 4. The average molecular weight is 445 g/mol. The topological polar surface area (TPSA) is 109 Å². The molecule has 2 bridgehead atoms. The van der Waals surface area contributed by atoms with Gasteiger partial charge in [-0.3, -0.25) is 4.90 Å². The van der Waals surface area contributed by atoms with Crippen LogP contribution in [0.1, 0.15) is 17.5 Å². The van der Waals surface area contributed by atoms with Crippen molar-refractivity contribution in [2.24, 2.45) is 0 Å². The van der Waals surface area contributed by atoms with Crippen molar-refractivity contribution in [1.29, 1.82) is 0 Å². The molecule has 2 aliphatic heterocycles. The number of pyridine rings is 1. The maximum Gasteiger partial charge on any atom is 0.408 e. The summed E-state index contributed by atoms with van der Waals surface area (Å²) in [5.74, 6) is 0.101. The zero-order valence-electron chi connectivity index (χ0n) is 17.5. The van der Waals surface area contributed by atoms with Crippen molar-refractivity contribution in [2.45, 2.75) is 24.5 Å². The van der Waals surface area contributed by atoms with Gasteiger partial charge in [0.05, 0.1) is 17.5 Å². The summed E-state index contributed by atoms with van der Waals surface area (Å²) < 4.78 is 15.9. The van der Waals surface area contributed by atoms with Crippen molar-refractivity contribution in [2.75, 3.05) is 13.1 Å². The molecule has 5 heterocycles. The zero-order valence-corrected chi connectivity index (χ0v) is 17.5. The number of nitrogens with zero attached hydrogens (tertiary/aromatic N) is 6. The molecule has 2 unspecified atom stereocenters. The highest BCUT2D eigenvalue weighted by Gasteiger charge is 2.54. The SMILES string of the molecule is O=C(O)N1CC2CC1(c1cnc(-c3nn(Cc4ccccc4F)c4ncccc34)nc1)CN2. The van der Waals surface area contributed by atoms with E-state index in [1.54, 1.807) is 41.5 Å². The van der Waals surface area contributed by atoms with E-state index < -0.39 is 11.6 Å². The lowest BCUT2D eigenvalue weighted by atomic mass is 9.91. The van der Waals surface area contributed by atoms with Gasteiger partial charge in [-0.25, -0.2) is 28.8 Å². The van der Waals surface area contributed by atoms with Gasteiger partial charge in [-0.15, -0.1) is 0 Å². The largest absolute Gasteiger partial charge is 0.465 e. The standard InChI is InChI=1S/C23H20FN7O2/c24-18-6-2-1-4-14(18)11-31-21-17(5-3-7-25-21)19(29-31)20-26-9-15(10-27-20)23-8-16(28-13-23)12-30(23)22(32)33/h1-7,9-10,16,28H,8,11-13H2,(H,32,33). The molecule has 10 heteroatoms. The molecule has 4 aromatic rings. The van der Waals surface area contributed by atoms with Crippen LogP contribution in [0.15, 0.2) is 55.0 Å². The van der Waals surface area contributed by atoms with Gasteiger partial charge in [-0.1, -0.05) is 18.2 Å². The maximum absolute atomic E-state index is 14.2. The number of likely N-dealkylation sites (tertiary alicyclic amines) is 1. The number of halogens is 1. The minimum absolute atomic E-state index is 0.143. The molecule has 1 amide bonds. The van der Waals surface area contributed by atoms with Crippen LogP contribution in [0.4, 0.5) is 9.18 Å². The molecular weight excluding hydrogens is 425 g/mol. The van der Waals surface area contributed by atoms with Gasteiger partial charge in [0.15, 0.2) is 11.5 Å². The quantitative estimate of drug-likeness (QED) is 0.497. The second kappa shape index (κ2) is 7.31. The van der Waals surface area contributed by atoms with Gasteiger partial charge in [0.1, 0.15) is 11.5 Å². The summed E-state index contributed by atoms with van der Waals surface area (Å²) in [4.78, 5) is 26.8. The predicted molar refractivity (Wildman–Crippen MR) is 117 cm³/mol. The number of hydrogen-bond donors (Lipinski definition) is 2. The smallest absolute Gasteiger partial charge is 0.408 e. The second-order valence-electron chi connectivity index (χ2n) is 8.47. The van der Waals surface area contributed by atoms with Crippen LogP contribution in [-0.4, -0.2) is 60.0 Å². The normalized spacial score (nSPS) is 21.7. The third-order valence-corrected chi connectivity index (χ3v) is 6.60. The number of carboxylic acid groups (broad SMARTS) is 1. The molecular formula is C23H20FN7O2. The highest BCUT2D eigenvalue weighted by Crippen LogP contribution is 2.42. The van der Waals surface area contributed by atoms with Crippen LogP contribution >= 0.6 is 0 Å². The Balaban J connectivity index is 1.38. The molecule has 2 saturated heterocycles. The molecule has 1 aromatic carbocycles. The maximum atomic E-state index is 14.2. The molecule has 2 atom stereocenters. The Labute approximate surface area is 187 Å². The fraction of sp³-hybridized carbons (Fsp3) is 0.261. The van der Waals surface area contributed by atoms with Crippen molar-refractivity contribution >= 4 is 17.1 Å². The first-order valence-electron chi connectivity index (χ1n) is 10.7. The summed E-state index contributed by atoms with van der Waals surface area (Å²) in [7, 11) is 0. The van der Waals surface area contributed by atoms with Crippen LogP contribution in [-0.2, 0) is 12.1 Å². The van der Waals surface area contributed by atoms with Crippen molar-refractivity contribution in [3.63, 3.8) is 0 Å². The average Bonchev–Trinajstić information content (AvgIpc) is 3.53. The van der Waals surface area contributed by atoms with E-state index in [-0.39, 0.29) is 18.4 Å². The highest BCUT2D eigenvalue weighted by molar-refractivity contribution is 5.89. The highest BCUT2D eigenvalue weighted by atomic mass is 19.1. The third kappa shape index (κ3) is 3.05. The van der Waals surface area contributed by atoms with Gasteiger partial charge in [0, 0.05) is 48.8 Å². The summed E-state index contributed by atoms with van der Waals surface area (Å²) >= 11 is 0. The molecule has 9 nitrogen and oxygen atoms in total. The predicted octanol–water partition coefficient (Wildman–Crippen LogP) is 2.63. The van der Waals surface area contributed by atoms with Crippen LogP contribution in [0, 0.1) is 5.82 Å². The lowest BCUT2D eigenvalue weighted by Gasteiger charge is -2.36. The lowest BCUT2D eigenvalue weighted by Crippen LogP contribution is -2.52. The first-order chi connectivity index (χ1) is 16.0. The summed E-state index contributed by atoms with van der Waals surface area (Å²) in [5, 5.41) is 18.5. The van der Waals surface area contributed by atoms with Crippen LogP contribution in [0.3, 0.4) is 0 Å². The van der Waals surface area contributed by atoms with E-state index >= 15 is 0 Å². The number of amides is 1. The van der Waals surface area contributed by atoms with Gasteiger partial charge in [0.2, 0.25) is 0 Å². The van der Waals surface area contributed by atoms with Gasteiger partial charge >= 0.3 is 6.09 Å². The summed E-state index contributed by atoms with van der Waals surface area (Å²) in [6, 6.07) is 10.4. The van der Waals surface area contributed by atoms with Gasteiger partial charge < -0.3 is 10.4 Å². The number of aromatic nitrogens is 5. The first kappa shape index (κ1) is 19.7. The Kier molecular flexibility index (Phi) is 4.37. The number of carbonyl (C=O) groups is 1. The van der Waals surface area contributed by atoms with Crippen molar-refractivity contribution < 1.29 is 14.3 Å². The molecule has 0 spiro atoms. The Bertz CT molecular complexity index is 1370. The molecule has 3 aromatic heterocycles. The zero-order chi connectivity index (χ0) is 22.6. The molecule has 2 N–H and O–H groups in total. The summed E-state index contributed by atoms with van der Waals surface area (Å²) in [6.45, 7) is 1.21. The van der Waals surface area contributed by atoms with E-state index in [0.717, 1.165) is 10.9 Å².